The Labute approximate surface area is 189 Å². The van der Waals surface area contributed by atoms with Crippen molar-refractivity contribution < 1.29 is 31.5 Å². The van der Waals surface area contributed by atoms with Gasteiger partial charge in [0.1, 0.15) is 6.04 Å². The molecule has 1 atom stereocenters. The number of carbonyl (C=O) groups excluding carboxylic acids is 2. The molecule has 1 aromatic heterocycles. The van der Waals surface area contributed by atoms with Crippen LogP contribution in [0.3, 0.4) is 0 Å². The van der Waals surface area contributed by atoms with E-state index in [1.165, 1.54) is 0 Å². The Morgan fingerprint density at radius 2 is 1.94 bits per heavy atom. The smallest absolute Gasteiger partial charge is 0.343 e. The Morgan fingerprint density at radius 1 is 1.27 bits per heavy atom. The van der Waals surface area contributed by atoms with E-state index >= 15 is 0 Å². The van der Waals surface area contributed by atoms with Crippen LogP contribution >= 0.6 is 11.6 Å². The monoisotopic (exact) mass is 489 g/mol. The molecule has 2 amide bonds. The molecule has 1 aromatic carbocycles. The van der Waals surface area contributed by atoms with Crippen molar-refractivity contribution in [3.8, 4) is 6.07 Å². The van der Waals surface area contributed by atoms with Gasteiger partial charge in [0.05, 0.1) is 24.7 Å². The number of hydrogen-bond acceptors (Lipinski definition) is 4. The highest BCUT2D eigenvalue weighted by atomic mass is 35.5. The lowest BCUT2D eigenvalue weighted by atomic mass is 10.1. The summed E-state index contributed by atoms with van der Waals surface area (Å²) in [5.41, 5.74) is -1.46. The molecule has 7 nitrogen and oxygen atoms in total. The highest BCUT2D eigenvalue weighted by molar-refractivity contribution is 6.30. The lowest BCUT2D eigenvalue weighted by Crippen LogP contribution is -2.43. The maximum absolute atomic E-state index is 13.5. The average Bonchev–Trinajstić information content (AvgIpc) is 3.32. The Kier molecular flexibility index (Phi) is 6.92. The number of nitrogens with one attached hydrogen (secondary N) is 1. The molecule has 1 aliphatic heterocycles. The standard InChI is InChI=1S/C20H17ClF5N5O2/c21-13-3-1-12(2-4-13)5-6-30-10-15(17(29-30)20(24,25)26)18(33)28-9-16(32)31-11-19(22,23)7-14(31)8-27/h1-4,10,14H,5-7,9,11H2,(H,28,33)/t14-/m0/s1. The number of halogens is 6. The molecular formula is C20H17ClF5N5O2. The summed E-state index contributed by atoms with van der Waals surface area (Å²) in [6.45, 7) is -1.82. The Morgan fingerprint density at radius 3 is 2.55 bits per heavy atom. The molecule has 0 radical (unpaired) electrons. The first kappa shape index (κ1) is 24.4. The molecule has 0 unspecified atom stereocenters. The molecule has 2 heterocycles. The number of rotatable bonds is 6. The fraction of sp³-hybridized carbons (Fsp3) is 0.400. The third-order valence-electron chi connectivity index (χ3n) is 4.96. The summed E-state index contributed by atoms with van der Waals surface area (Å²) < 4.78 is 68.1. The molecule has 0 spiro atoms. The van der Waals surface area contributed by atoms with E-state index in [9.17, 15) is 31.5 Å². The van der Waals surface area contributed by atoms with Gasteiger partial charge >= 0.3 is 6.18 Å². The SMILES string of the molecule is N#C[C@@H]1CC(F)(F)CN1C(=O)CNC(=O)c1cn(CCc2ccc(Cl)cc2)nc1C(F)(F)F. The fourth-order valence-electron chi connectivity index (χ4n) is 3.35. The molecule has 0 bridgehead atoms. The van der Waals surface area contributed by atoms with E-state index in [0.717, 1.165) is 16.4 Å². The van der Waals surface area contributed by atoms with Crippen LogP contribution in [-0.4, -0.2) is 51.5 Å². The number of benzene rings is 1. The van der Waals surface area contributed by atoms with Crippen molar-refractivity contribution in [1.29, 1.82) is 5.26 Å². The number of carbonyl (C=O) groups is 2. The first-order chi connectivity index (χ1) is 15.4. The van der Waals surface area contributed by atoms with Gasteiger partial charge in [-0.05, 0) is 24.1 Å². The number of amides is 2. The van der Waals surface area contributed by atoms with Crippen LogP contribution in [0.2, 0.25) is 5.02 Å². The molecule has 1 aliphatic rings. The summed E-state index contributed by atoms with van der Waals surface area (Å²) in [5, 5.41) is 14.9. The molecular weight excluding hydrogens is 473 g/mol. The summed E-state index contributed by atoms with van der Waals surface area (Å²) in [5.74, 6) is -5.50. The Hall–Kier alpha value is -3.20. The van der Waals surface area contributed by atoms with E-state index in [2.05, 4.69) is 5.10 Å². The van der Waals surface area contributed by atoms with Crippen molar-refractivity contribution in [2.45, 2.75) is 37.5 Å². The molecule has 3 rings (SSSR count). The maximum atomic E-state index is 13.5. The number of nitrogens with zero attached hydrogens (tertiary/aromatic N) is 4. The first-order valence-electron chi connectivity index (χ1n) is 9.64. The van der Waals surface area contributed by atoms with Crippen LogP contribution in [0.15, 0.2) is 30.5 Å². The van der Waals surface area contributed by atoms with Crippen LogP contribution in [0.4, 0.5) is 22.0 Å². The largest absolute Gasteiger partial charge is 0.435 e. The van der Waals surface area contributed by atoms with Gasteiger partial charge in [-0.1, -0.05) is 23.7 Å². The zero-order chi connectivity index (χ0) is 24.4. The zero-order valence-corrected chi connectivity index (χ0v) is 17.6. The van der Waals surface area contributed by atoms with Gasteiger partial charge in [-0.15, -0.1) is 0 Å². The van der Waals surface area contributed by atoms with Crippen LogP contribution in [-0.2, 0) is 23.9 Å². The van der Waals surface area contributed by atoms with Gasteiger partial charge in [0.15, 0.2) is 5.69 Å². The van der Waals surface area contributed by atoms with E-state index in [0.29, 0.717) is 16.3 Å². The molecule has 33 heavy (non-hydrogen) atoms. The van der Waals surface area contributed by atoms with Gasteiger partial charge in [-0.25, -0.2) is 8.78 Å². The second kappa shape index (κ2) is 9.35. The minimum Gasteiger partial charge on any atom is -0.343 e. The highest BCUT2D eigenvalue weighted by Gasteiger charge is 2.47. The van der Waals surface area contributed by atoms with E-state index < -0.39 is 60.7 Å². The van der Waals surface area contributed by atoms with Crippen molar-refractivity contribution in [2.24, 2.45) is 0 Å². The summed E-state index contributed by atoms with van der Waals surface area (Å²) in [6, 6.07) is 6.85. The van der Waals surface area contributed by atoms with Crippen molar-refractivity contribution in [3.63, 3.8) is 0 Å². The second-order valence-corrected chi connectivity index (χ2v) is 7.87. The molecule has 0 aliphatic carbocycles. The predicted molar refractivity (Wildman–Crippen MR) is 105 cm³/mol. The average molecular weight is 490 g/mol. The number of aryl methyl sites for hydroxylation is 2. The number of likely N-dealkylation sites (tertiary alicyclic amines) is 1. The normalized spacial score (nSPS) is 17.6. The molecule has 2 aromatic rings. The summed E-state index contributed by atoms with van der Waals surface area (Å²) in [7, 11) is 0. The van der Waals surface area contributed by atoms with Crippen LogP contribution in [0, 0.1) is 11.3 Å². The van der Waals surface area contributed by atoms with E-state index in [-0.39, 0.29) is 6.54 Å². The Bertz CT molecular complexity index is 1080. The van der Waals surface area contributed by atoms with E-state index in [4.69, 9.17) is 16.9 Å². The van der Waals surface area contributed by atoms with Gasteiger partial charge in [-0.3, -0.25) is 14.3 Å². The molecule has 13 heteroatoms. The third-order valence-corrected chi connectivity index (χ3v) is 5.21. The van der Waals surface area contributed by atoms with Crippen molar-refractivity contribution in [3.05, 3.63) is 52.3 Å². The minimum absolute atomic E-state index is 0.0314. The lowest BCUT2D eigenvalue weighted by molar-refractivity contribution is -0.141. The van der Waals surface area contributed by atoms with Crippen LogP contribution < -0.4 is 5.32 Å². The zero-order valence-electron chi connectivity index (χ0n) is 16.9. The van der Waals surface area contributed by atoms with E-state index in [1.807, 2.05) is 5.32 Å². The number of nitriles is 1. The number of hydrogen-bond donors (Lipinski definition) is 1. The third kappa shape index (κ3) is 5.98. The molecule has 0 saturated carbocycles. The second-order valence-electron chi connectivity index (χ2n) is 7.44. The quantitative estimate of drug-likeness (QED) is 0.630. The molecule has 1 N–H and O–H groups in total. The van der Waals surface area contributed by atoms with Gasteiger partial charge in [-0.2, -0.15) is 23.5 Å². The van der Waals surface area contributed by atoms with Crippen LogP contribution in [0.5, 0.6) is 0 Å². The fourth-order valence-corrected chi connectivity index (χ4v) is 3.48. The van der Waals surface area contributed by atoms with E-state index in [1.54, 1.807) is 30.3 Å². The minimum atomic E-state index is -4.94. The van der Waals surface area contributed by atoms with Crippen LogP contribution in [0.1, 0.15) is 28.0 Å². The number of aromatic nitrogens is 2. The van der Waals surface area contributed by atoms with Gasteiger partial charge in [0.25, 0.3) is 11.8 Å². The van der Waals surface area contributed by atoms with Gasteiger partial charge in [0, 0.05) is 24.2 Å². The van der Waals surface area contributed by atoms with Crippen molar-refractivity contribution in [2.75, 3.05) is 13.1 Å². The van der Waals surface area contributed by atoms with Crippen molar-refractivity contribution >= 4 is 23.4 Å². The Balaban J connectivity index is 1.69. The summed E-state index contributed by atoms with van der Waals surface area (Å²) >= 11 is 5.79. The molecule has 1 fully saturated rings. The number of alkyl halides is 5. The first-order valence-corrected chi connectivity index (χ1v) is 10.0. The lowest BCUT2D eigenvalue weighted by Gasteiger charge is -2.19. The predicted octanol–water partition coefficient (Wildman–Crippen LogP) is 3.29. The molecule has 176 valence electrons. The maximum Gasteiger partial charge on any atom is 0.435 e. The highest BCUT2D eigenvalue weighted by Crippen LogP contribution is 2.32. The summed E-state index contributed by atoms with van der Waals surface area (Å²) in [6.07, 6.45) is -4.57. The van der Waals surface area contributed by atoms with Gasteiger partial charge in [0.2, 0.25) is 5.91 Å². The topological polar surface area (TPSA) is 91.0 Å². The van der Waals surface area contributed by atoms with Gasteiger partial charge < -0.3 is 10.2 Å². The van der Waals surface area contributed by atoms with Crippen molar-refractivity contribution in [1.82, 2.24) is 20.0 Å². The van der Waals surface area contributed by atoms with Crippen LogP contribution in [0.25, 0.3) is 0 Å². The summed E-state index contributed by atoms with van der Waals surface area (Å²) in [4.78, 5) is 25.2. The molecule has 1 saturated heterocycles.